The highest BCUT2D eigenvalue weighted by atomic mass is 35.5. The van der Waals surface area contributed by atoms with Crippen molar-refractivity contribution in [3.63, 3.8) is 0 Å². The number of pyridine rings is 2. The molecule has 0 aliphatic rings. The van der Waals surface area contributed by atoms with Gasteiger partial charge in [-0.15, -0.1) is 0 Å². The minimum atomic E-state index is -1.20. The first-order chi connectivity index (χ1) is 16.2. The normalized spacial score (nSPS) is 11.9. The maximum absolute atomic E-state index is 13.3. The van der Waals surface area contributed by atoms with Gasteiger partial charge in [0, 0.05) is 30.4 Å². The highest BCUT2D eigenvalue weighted by molar-refractivity contribution is 6.29. The highest BCUT2D eigenvalue weighted by Crippen LogP contribution is 2.29. The lowest BCUT2D eigenvalue weighted by Crippen LogP contribution is -2.22. The number of aromatic nitrogens is 4. The Kier molecular flexibility index (Phi) is 6.21. The van der Waals surface area contributed by atoms with Crippen molar-refractivity contribution in [2.24, 2.45) is 7.05 Å². The molecule has 0 amide bonds. The van der Waals surface area contributed by atoms with E-state index in [1.807, 2.05) is 19.9 Å². The molecule has 10 heteroatoms. The molecule has 3 aromatic heterocycles. The van der Waals surface area contributed by atoms with E-state index in [0.29, 0.717) is 33.9 Å². The summed E-state index contributed by atoms with van der Waals surface area (Å²) in [5.74, 6) is -0.300. The van der Waals surface area contributed by atoms with E-state index < -0.39 is 12.0 Å². The third kappa shape index (κ3) is 4.29. The SMILES string of the molecule is COc1ccc(-c2nc3c([C@@H](C)Nc4ccc(Cl)nc4C(=O)O)cc(C)cc3c(=O)n2C)cn1. The van der Waals surface area contributed by atoms with Crippen LogP contribution in [-0.2, 0) is 7.05 Å². The molecular weight excluding hydrogens is 458 g/mol. The largest absolute Gasteiger partial charge is 0.481 e. The van der Waals surface area contributed by atoms with Crippen molar-refractivity contribution in [2.45, 2.75) is 19.9 Å². The van der Waals surface area contributed by atoms with Crippen LogP contribution in [0.2, 0.25) is 5.15 Å². The second-order valence-corrected chi connectivity index (χ2v) is 8.23. The third-order valence-corrected chi connectivity index (χ3v) is 5.67. The van der Waals surface area contributed by atoms with Gasteiger partial charge in [0.05, 0.1) is 29.7 Å². The lowest BCUT2D eigenvalue weighted by Gasteiger charge is -2.20. The van der Waals surface area contributed by atoms with Gasteiger partial charge in [-0.05, 0) is 43.7 Å². The van der Waals surface area contributed by atoms with E-state index >= 15 is 0 Å². The highest BCUT2D eigenvalue weighted by Gasteiger charge is 2.20. The summed E-state index contributed by atoms with van der Waals surface area (Å²) in [5, 5.41) is 13.3. The zero-order chi connectivity index (χ0) is 24.6. The summed E-state index contributed by atoms with van der Waals surface area (Å²) in [7, 11) is 3.19. The minimum absolute atomic E-state index is 0.0829. The first-order valence-corrected chi connectivity index (χ1v) is 10.8. The monoisotopic (exact) mass is 479 g/mol. The number of hydrogen-bond acceptors (Lipinski definition) is 7. The number of benzene rings is 1. The van der Waals surface area contributed by atoms with Crippen molar-refractivity contribution in [1.29, 1.82) is 0 Å². The fraction of sp³-hybridized carbons (Fsp3) is 0.208. The first-order valence-electron chi connectivity index (χ1n) is 10.4. The van der Waals surface area contributed by atoms with Crippen molar-refractivity contribution in [1.82, 2.24) is 19.5 Å². The lowest BCUT2D eigenvalue weighted by molar-refractivity contribution is 0.0691. The molecule has 0 saturated carbocycles. The number of carboxylic acids is 1. The number of carbonyl (C=O) groups is 1. The average Bonchev–Trinajstić information content (AvgIpc) is 2.82. The van der Waals surface area contributed by atoms with E-state index in [4.69, 9.17) is 21.3 Å². The smallest absolute Gasteiger partial charge is 0.356 e. The minimum Gasteiger partial charge on any atom is -0.481 e. The van der Waals surface area contributed by atoms with Gasteiger partial charge in [0.1, 0.15) is 11.0 Å². The van der Waals surface area contributed by atoms with Crippen LogP contribution in [0.1, 0.15) is 34.6 Å². The van der Waals surface area contributed by atoms with E-state index in [1.165, 1.54) is 17.7 Å². The van der Waals surface area contributed by atoms with Crippen LogP contribution >= 0.6 is 11.6 Å². The van der Waals surface area contributed by atoms with Crippen LogP contribution in [0.4, 0.5) is 5.69 Å². The Labute approximate surface area is 200 Å². The zero-order valence-electron chi connectivity index (χ0n) is 19.0. The van der Waals surface area contributed by atoms with Crippen LogP contribution in [0.5, 0.6) is 5.88 Å². The number of ether oxygens (including phenoxy) is 1. The van der Waals surface area contributed by atoms with Gasteiger partial charge in [-0.3, -0.25) is 9.36 Å². The van der Waals surface area contributed by atoms with Crippen LogP contribution in [-0.4, -0.2) is 37.7 Å². The number of methoxy groups -OCH3 is 1. The van der Waals surface area contributed by atoms with Gasteiger partial charge in [0.15, 0.2) is 5.69 Å². The molecule has 4 rings (SSSR count). The number of fused-ring (bicyclic) bond motifs is 1. The maximum atomic E-state index is 13.3. The van der Waals surface area contributed by atoms with Gasteiger partial charge in [0.2, 0.25) is 5.88 Å². The van der Waals surface area contributed by atoms with E-state index in [2.05, 4.69) is 15.3 Å². The van der Waals surface area contributed by atoms with Crippen molar-refractivity contribution in [3.8, 4) is 17.3 Å². The van der Waals surface area contributed by atoms with Crippen LogP contribution in [0.3, 0.4) is 0 Å². The van der Waals surface area contributed by atoms with Crippen LogP contribution < -0.4 is 15.6 Å². The summed E-state index contributed by atoms with van der Waals surface area (Å²) < 4.78 is 6.60. The summed E-state index contributed by atoms with van der Waals surface area (Å²) in [6.07, 6.45) is 1.60. The van der Waals surface area contributed by atoms with Crippen molar-refractivity contribution in [2.75, 3.05) is 12.4 Å². The Morgan fingerprint density at radius 1 is 1.21 bits per heavy atom. The van der Waals surface area contributed by atoms with Gasteiger partial charge in [-0.25, -0.2) is 19.7 Å². The molecule has 0 aliphatic heterocycles. The van der Waals surface area contributed by atoms with Gasteiger partial charge in [-0.1, -0.05) is 17.7 Å². The first kappa shape index (κ1) is 23.2. The summed E-state index contributed by atoms with van der Waals surface area (Å²) in [6.45, 7) is 3.76. The molecule has 0 bridgehead atoms. The molecule has 9 nitrogen and oxygen atoms in total. The predicted molar refractivity (Wildman–Crippen MR) is 130 cm³/mol. The molecule has 0 fully saturated rings. The molecule has 4 aromatic rings. The fourth-order valence-corrected chi connectivity index (χ4v) is 3.95. The number of nitrogens with one attached hydrogen (secondary N) is 1. The Morgan fingerprint density at radius 2 is 1.97 bits per heavy atom. The molecule has 0 aliphatic carbocycles. The Morgan fingerprint density at radius 3 is 2.62 bits per heavy atom. The van der Waals surface area contributed by atoms with Gasteiger partial charge in [0.25, 0.3) is 5.56 Å². The second kappa shape index (κ2) is 9.11. The third-order valence-electron chi connectivity index (χ3n) is 5.46. The van der Waals surface area contributed by atoms with Crippen LogP contribution in [0.25, 0.3) is 22.3 Å². The Bertz CT molecular complexity index is 1470. The molecule has 0 spiro atoms. The zero-order valence-corrected chi connectivity index (χ0v) is 19.7. The van der Waals surface area contributed by atoms with Crippen LogP contribution in [0, 0.1) is 6.92 Å². The molecule has 174 valence electrons. The van der Waals surface area contributed by atoms with Crippen molar-refractivity contribution < 1.29 is 14.6 Å². The van der Waals surface area contributed by atoms with Crippen LogP contribution in [0.15, 0.2) is 47.4 Å². The van der Waals surface area contributed by atoms with Gasteiger partial charge >= 0.3 is 5.97 Å². The second-order valence-electron chi connectivity index (χ2n) is 7.84. The number of aryl methyl sites for hydroxylation is 1. The molecule has 34 heavy (non-hydrogen) atoms. The fourth-order valence-electron chi connectivity index (χ4n) is 3.80. The number of rotatable bonds is 6. The van der Waals surface area contributed by atoms with E-state index in [0.717, 1.165) is 11.1 Å². The number of nitrogens with zero attached hydrogens (tertiary/aromatic N) is 4. The predicted octanol–water partition coefficient (Wildman–Crippen LogP) is 4.23. The van der Waals surface area contributed by atoms with Gasteiger partial charge in [-0.2, -0.15) is 0 Å². The molecule has 1 aromatic carbocycles. The van der Waals surface area contributed by atoms with E-state index in [-0.39, 0.29) is 16.4 Å². The number of anilines is 1. The quantitative estimate of drug-likeness (QED) is 0.394. The summed E-state index contributed by atoms with van der Waals surface area (Å²) in [6, 6.07) is 9.88. The van der Waals surface area contributed by atoms with Crippen molar-refractivity contribution in [3.05, 3.63) is 74.9 Å². The van der Waals surface area contributed by atoms with Crippen molar-refractivity contribution >= 4 is 34.2 Å². The summed E-state index contributed by atoms with van der Waals surface area (Å²) in [5.41, 5.74) is 2.70. The molecule has 1 atom stereocenters. The van der Waals surface area contributed by atoms with E-state index in [1.54, 1.807) is 37.5 Å². The molecular formula is C24H22ClN5O4. The Balaban J connectivity index is 1.87. The molecule has 3 heterocycles. The summed E-state index contributed by atoms with van der Waals surface area (Å²) >= 11 is 5.88. The molecule has 0 radical (unpaired) electrons. The number of hydrogen-bond donors (Lipinski definition) is 2. The molecule has 0 saturated heterocycles. The molecule has 2 N–H and O–H groups in total. The number of aromatic carboxylic acids is 1. The Hall–Kier alpha value is -3.98. The average molecular weight is 480 g/mol. The van der Waals surface area contributed by atoms with E-state index in [9.17, 15) is 14.7 Å². The number of carboxylic acid groups (broad SMARTS) is 1. The maximum Gasteiger partial charge on any atom is 0.356 e. The topological polar surface area (TPSA) is 119 Å². The molecule has 0 unspecified atom stereocenters. The number of halogens is 1. The lowest BCUT2D eigenvalue weighted by atomic mass is 10.0. The standard InChI is InChI=1S/C24H22ClN5O4/c1-12-9-15(13(2)27-17-6-7-18(25)28-21(17)24(32)33)20-16(10-12)23(31)30(3)22(29-20)14-5-8-19(34-4)26-11-14/h5-11,13,27H,1-4H3,(H,32,33)/t13-/m1/s1. The van der Waals surface area contributed by atoms with Gasteiger partial charge < -0.3 is 15.2 Å². The summed E-state index contributed by atoms with van der Waals surface area (Å²) in [4.78, 5) is 37.9.